The summed E-state index contributed by atoms with van der Waals surface area (Å²) in [4.78, 5) is 0. The lowest BCUT2D eigenvalue weighted by molar-refractivity contribution is 0.143. The summed E-state index contributed by atoms with van der Waals surface area (Å²) in [6, 6.07) is 5.60. The number of hydrogen-bond acceptors (Lipinski definition) is 5. The molecule has 120 valence electrons. The summed E-state index contributed by atoms with van der Waals surface area (Å²) in [6.07, 6.45) is 2.19. The van der Waals surface area contributed by atoms with Crippen LogP contribution in [-0.2, 0) is 4.74 Å². The van der Waals surface area contributed by atoms with Gasteiger partial charge in [-0.15, -0.1) is 0 Å². The van der Waals surface area contributed by atoms with E-state index in [9.17, 15) is 0 Å². The third kappa shape index (κ3) is 6.69. The summed E-state index contributed by atoms with van der Waals surface area (Å²) >= 11 is 0. The topological polar surface area (TPSA) is 49.0 Å². The Kier molecular flexibility index (Phi) is 9.40. The van der Waals surface area contributed by atoms with Crippen LogP contribution < -0.4 is 19.5 Å². The summed E-state index contributed by atoms with van der Waals surface area (Å²) < 4.78 is 21.6. The number of unbranched alkanes of at least 4 members (excludes halogenated alkanes) is 1. The molecule has 0 saturated carbocycles. The SMILES string of the molecule is CCOCCCCNCCOc1c(OC)cccc1OC. The van der Waals surface area contributed by atoms with E-state index in [1.54, 1.807) is 14.2 Å². The van der Waals surface area contributed by atoms with Gasteiger partial charge in [-0.05, 0) is 38.4 Å². The Balaban J connectivity index is 2.20. The maximum absolute atomic E-state index is 5.76. The van der Waals surface area contributed by atoms with Crippen LogP contribution in [0.25, 0.3) is 0 Å². The van der Waals surface area contributed by atoms with E-state index in [1.807, 2.05) is 25.1 Å². The van der Waals surface area contributed by atoms with Gasteiger partial charge in [0.05, 0.1) is 14.2 Å². The van der Waals surface area contributed by atoms with Gasteiger partial charge in [-0.25, -0.2) is 0 Å². The van der Waals surface area contributed by atoms with Crippen molar-refractivity contribution < 1.29 is 18.9 Å². The van der Waals surface area contributed by atoms with Gasteiger partial charge in [-0.2, -0.15) is 0 Å². The number of methoxy groups -OCH3 is 2. The lowest BCUT2D eigenvalue weighted by Gasteiger charge is -2.14. The Morgan fingerprint density at radius 3 is 2.29 bits per heavy atom. The van der Waals surface area contributed by atoms with Gasteiger partial charge in [0.1, 0.15) is 6.61 Å². The van der Waals surface area contributed by atoms with Gasteiger partial charge in [-0.3, -0.25) is 0 Å². The van der Waals surface area contributed by atoms with Crippen molar-refractivity contribution in [2.24, 2.45) is 0 Å². The van der Waals surface area contributed by atoms with E-state index >= 15 is 0 Å². The van der Waals surface area contributed by atoms with Gasteiger partial charge in [0, 0.05) is 19.8 Å². The van der Waals surface area contributed by atoms with E-state index in [1.165, 1.54) is 0 Å². The van der Waals surface area contributed by atoms with Crippen molar-refractivity contribution in [2.45, 2.75) is 19.8 Å². The molecule has 0 spiro atoms. The molecule has 5 heteroatoms. The molecule has 0 atom stereocenters. The number of benzene rings is 1. The van der Waals surface area contributed by atoms with Crippen molar-refractivity contribution in [3.05, 3.63) is 18.2 Å². The highest BCUT2D eigenvalue weighted by Gasteiger charge is 2.10. The molecule has 0 bridgehead atoms. The Morgan fingerprint density at radius 1 is 0.952 bits per heavy atom. The van der Waals surface area contributed by atoms with Crippen molar-refractivity contribution >= 4 is 0 Å². The lowest BCUT2D eigenvalue weighted by Crippen LogP contribution is -2.22. The van der Waals surface area contributed by atoms with Crippen LogP contribution in [0.2, 0.25) is 0 Å². The van der Waals surface area contributed by atoms with E-state index in [4.69, 9.17) is 18.9 Å². The molecule has 0 aliphatic heterocycles. The van der Waals surface area contributed by atoms with Crippen molar-refractivity contribution in [1.29, 1.82) is 0 Å². The highest BCUT2D eigenvalue weighted by molar-refractivity contribution is 5.51. The molecular weight excluding hydrogens is 270 g/mol. The van der Waals surface area contributed by atoms with E-state index in [0.29, 0.717) is 23.9 Å². The average molecular weight is 297 g/mol. The number of para-hydroxylation sites is 1. The molecule has 0 aliphatic rings. The third-order valence-electron chi connectivity index (χ3n) is 3.00. The van der Waals surface area contributed by atoms with Crippen LogP contribution in [0.5, 0.6) is 17.2 Å². The summed E-state index contributed by atoms with van der Waals surface area (Å²) in [7, 11) is 3.25. The predicted molar refractivity (Wildman–Crippen MR) is 83.6 cm³/mol. The molecule has 0 aromatic heterocycles. The van der Waals surface area contributed by atoms with Gasteiger partial charge in [-0.1, -0.05) is 6.07 Å². The number of nitrogens with one attached hydrogen (secondary N) is 1. The number of rotatable bonds is 12. The second kappa shape index (κ2) is 11.2. The molecule has 0 unspecified atom stereocenters. The van der Waals surface area contributed by atoms with Crippen molar-refractivity contribution in [2.75, 3.05) is 47.1 Å². The van der Waals surface area contributed by atoms with Gasteiger partial charge in [0.2, 0.25) is 5.75 Å². The fraction of sp³-hybridized carbons (Fsp3) is 0.625. The van der Waals surface area contributed by atoms with Crippen LogP contribution in [-0.4, -0.2) is 47.1 Å². The summed E-state index contributed by atoms with van der Waals surface area (Å²) in [6.45, 7) is 5.98. The molecule has 0 aliphatic carbocycles. The lowest BCUT2D eigenvalue weighted by atomic mass is 10.3. The second-order valence-electron chi connectivity index (χ2n) is 4.49. The molecule has 5 nitrogen and oxygen atoms in total. The third-order valence-corrected chi connectivity index (χ3v) is 3.00. The molecule has 21 heavy (non-hydrogen) atoms. The first-order valence-corrected chi connectivity index (χ1v) is 7.45. The first-order valence-electron chi connectivity index (χ1n) is 7.45. The Hall–Kier alpha value is -1.46. The molecular formula is C16H27NO4. The molecule has 1 N–H and O–H groups in total. The summed E-state index contributed by atoms with van der Waals surface area (Å²) in [5, 5.41) is 3.35. The van der Waals surface area contributed by atoms with Crippen LogP contribution in [0.4, 0.5) is 0 Å². The molecule has 1 aromatic rings. The van der Waals surface area contributed by atoms with Gasteiger partial charge in [0.15, 0.2) is 11.5 Å². The zero-order chi connectivity index (χ0) is 15.3. The van der Waals surface area contributed by atoms with Crippen molar-refractivity contribution in [1.82, 2.24) is 5.32 Å². The minimum Gasteiger partial charge on any atom is -0.493 e. The summed E-state index contributed by atoms with van der Waals surface area (Å²) in [5.41, 5.74) is 0. The Bertz CT molecular complexity index is 362. The highest BCUT2D eigenvalue weighted by Crippen LogP contribution is 2.36. The molecule has 1 rings (SSSR count). The van der Waals surface area contributed by atoms with Gasteiger partial charge < -0.3 is 24.3 Å². The van der Waals surface area contributed by atoms with Crippen molar-refractivity contribution in [3.8, 4) is 17.2 Å². The summed E-state index contributed by atoms with van der Waals surface area (Å²) in [5.74, 6) is 2.03. The van der Waals surface area contributed by atoms with E-state index in [-0.39, 0.29) is 0 Å². The van der Waals surface area contributed by atoms with Gasteiger partial charge in [0.25, 0.3) is 0 Å². The molecule has 0 radical (unpaired) electrons. The van der Waals surface area contributed by atoms with Crippen LogP contribution >= 0.6 is 0 Å². The standard InChI is InChI=1S/C16H27NO4/c1-4-20-12-6-5-10-17-11-13-21-16-14(18-2)8-7-9-15(16)19-3/h7-9,17H,4-6,10-13H2,1-3H3. The molecule has 0 fully saturated rings. The zero-order valence-electron chi connectivity index (χ0n) is 13.3. The number of hydrogen-bond donors (Lipinski definition) is 1. The van der Waals surface area contributed by atoms with Crippen molar-refractivity contribution in [3.63, 3.8) is 0 Å². The first kappa shape index (κ1) is 17.6. The monoisotopic (exact) mass is 297 g/mol. The van der Waals surface area contributed by atoms with Crippen LogP contribution in [0.1, 0.15) is 19.8 Å². The fourth-order valence-corrected chi connectivity index (χ4v) is 1.91. The number of ether oxygens (including phenoxy) is 4. The maximum atomic E-state index is 5.76. The smallest absolute Gasteiger partial charge is 0.203 e. The van der Waals surface area contributed by atoms with Crippen LogP contribution in [0.15, 0.2) is 18.2 Å². The quantitative estimate of drug-likeness (QED) is 0.601. The zero-order valence-corrected chi connectivity index (χ0v) is 13.3. The highest BCUT2D eigenvalue weighted by atomic mass is 16.5. The Labute approximate surface area is 127 Å². The van der Waals surface area contributed by atoms with Gasteiger partial charge >= 0.3 is 0 Å². The van der Waals surface area contributed by atoms with E-state index in [0.717, 1.165) is 39.1 Å². The normalized spacial score (nSPS) is 10.4. The second-order valence-corrected chi connectivity index (χ2v) is 4.49. The van der Waals surface area contributed by atoms with Crippen LogP contribution in [0, 0.1) is 0 Å². The fourth-order valence-electron chi connectivity index (χ4n) is 1.91. The maximum Gasteiger partial charge on any atom is 0.203 e. The molecule has 0 heterocycles. The minimum atomic E-state index is 0.572. The van der Waals surface area contributed by atoms with Crippen LogP contribution in [0.3, 0.4) is 0 Å². The molecule has 0 amide bonds. The predicted octanol–water partition coefficient (Wildman–Crippen LogP) is 2.49. The average Bonchev–Trinajstić information content (AvgIpc) is 2.53. The largest absolute Gasteiger partial charge is 0.493 e. The van der Waals surface area contributed by atoms with E-state index in [2.05, 4.69) is 5.32 Å². The molecule has 1 aromatic carbocycles. The minimum absolute atomic E-state index is 0.572. The van der Waals surface area contributed by atoms with E-state index < -0.39 is 0 Å². The first-order chi connectivity index (χ1) is 10.3. The molecule has 0 saturated heterocycles. The Morgan fingerprint density at radius 2 is 1.67 bits per heavy atom.